The largest absolute Gasteiger partial charge is 0.320 e. The van der Waals surface area contributed by atoms with E-state index in [1.165, 1.54) is 4.57 Å². The van der Waals surface area contributed by atoms with E-state index in [1.54, 1.807) is 61.5 Å². The van der Waals surface area contributed by atoms with Crippen LogP contribution in [0.2, 0.25) is 0 Å². The van der Waals surface area contributed by atoms with Crippen molar-refractivity contribution >= 4 is 34.3 Å². The minimum atomic E-state index is -1.71. The van der Waals surface area contributed by atoms with Gasteiger partial charge in [0.2, 0.25) is 5.91 Å². The molecule has 0 aliphatic carbocycles. The van der Waals surface area contributed by atoms with Crippen LogP contribution in [0.1, 0.15) is 13.3 Å². The van der Waals surface area contributed by atoms with Crippen LogP contribution in [0, 0.1) is 23.3 Å². The summed E-state index contributed by atoms with van der Waals surface area (Å²) in [6, 6.07) is 15.4. The van der Waals surface area contributed by atoms with Gasteiger partial charge in [-0.15, -0.1) is 0 Å². The third kappa shape index (κ3) is 4.41. The van der Waals surface area contributed by atoms with Gasteiger partial charge < -0.3 is 5.32 Å². The fourth-order valence-electron chi connectivity index (χ4n) is 3.33. The number of amides is 1. The van der Waals surface area contributed by atoms with Gasteiger partial charge in [-0.25, -0.2) is 22.5 Å². The normalized spacial score (nSPS) is 12.0. The van der Waals surface area contributed by atoms with Crippen LogP contribution in [0.5, 0.6) is 0 Å². The summed E-state index contributed by atoms with van der Waals surface area (Å²) in [5.74, 6) is -7.60. The summed E-state index contributed by atoms with van der Waals surface area (Å²) < 4.78 is 56.5. The van der Waals surface area contributed by atoms with Gasteiger partial charge in [0.1, 0.15) is 5.69 Å². The van der Waals surface area contributed by atoms with Gasteiger partial charge in [0.05, 0.1) is 21.8 Å². The van der Waals surface area contributed by atoms with Crippen LogP contribution in [0.15, 0.2) is 70.6 Å². The van der Waals surface area contributed by atoms with E-state index in [0.29, 0.717) is 16.6 Å². The molecule has 0 spiro atoms. The highest BCUT2D eigenvalue weighted by atomic mass is 32.2. The van der Waals surface area contributed by atoms with E-state index in [9.17, 15) is 27.2 Å². The van der Waals surface area contributed by atoms with E-state index in [4.69, 9.17) is 0 Å². The zero-order valence-electron chi connectivity index (χ0n) is 17.7. The smallest absolute Gasteiger partial charge is 0.266 e. The second kappa shape index (κ2) is 9.68. The number of para-hydroxylation sites is 2. The topological polar surface area (TPSA) is 64.0 Å². The first-order valence-corrected chi connectivity index (χ1v) is 11.1. The number of nitrogens with one attached hydrogen (secondary N) is 1. The number of halogens is 4. The van der Waals surface area contributed by atoms with E-state index in [0.717, 1.165) is 11.8 Å². The lowest BCUT2D eigenvalue weighted by Crippen LogP contribution is -2.28. The Morgan fingerprint density at radius 2 is 1.62 bits per heavy atom. The molecule has 1 heterocycles. The maximum atomic E-state index is 14.0. The molecule has 1 N–H and O–H groups in total. The molecule has 1 aromatic heterocycles. The Bertz CT molecular complexity index is 1420. The van der Waals surface area contributed by atoms with Crippen LogP contribution < -0.4 is 10.9 Å². The molecule has 4 rings (SSSR count). The number of carbonyl (C=O) groups excluding carboxylic acids is 1. The minimum absolute atomic E-state index is 0.0595. The lowest BCUT2D eigenvalue weighted by atomic mass is 10.2. The fourth-order valence-corrected chi connectivity index (χ4v) is 4.36. The number of carbonyl (C=O) groups is 1. The SMILES string of the molecule is CCC(Sc1nc2ccccc2c(=O)n1-c1ccccc1)C(=O)Nc1c(F)c(F)cc(F)c1F. The second-order valence-electron chi connectivity index (χ2n) is 7.23. The van der Waals surface area contributed by atoms with Gasteiger partial charge in [-0.1, -0.05) is 49.0 Å². The molecule has 1 amide bonds. The second-order valence-corrected chi connectivity index (χ2v) is 8.40. The van der Waals surface area contributed by atoms with Crippen LogP contribution >= 0.6 is 11.8 Å². The number of benzene rings is 3. The summed E-state index contributed by atoms with van der Waals surface area (Å²) in [7, 11) is 0. The summed E-state index contributed by atoms with van der Waals surface area (Å²) in [5.41, 5.74) is -0.665. The Morgan fingerprint density at radius 3 is 2.26 bits per heavy atom. The molecule has 0 fully saturated rings. The van der Waals surface area contributed by atoms with Crippen molar-refractivity contribution in [1.82, 2.24) is 9.55 Å². The third-order valence-electron chi connectivity index (χ3n) is 5.03. The van der Waals surface area contributed by atoms with Crippen molar-refractivity contribution in [3.05, 3.63) is 94.3 Å². The molecule has 0 aliphatic rings. The molecule has 0 radical (unpaired) electrons. The van der Waals surface area contributed by atoms with Gasteiger partial charge >= 0.3 is 0 Å². The molecule has 34 heavy (non-hydrogen) atoms. The van der Waals surface area contributed by atoms with E-state index in [-0.39, 0.29) is 23.2 Å². The molecule has 1 unspecified atom stereocenters. The van der Waals surface area contributed by atoms with Crippen molar-refractivity contribution in [3.8, 4) is 5.69 Å². The Kier molecular flexibility index (Phi) is 6.69. The standard InChI is InChI=1S/C24H17F4N3O2S/c1-2-18(22(32)30-21-19(27)15(25)12-16(26)20(21)28)34-24-29-17-11-7-6-10-14(17)23(33)31(24)13-8-4-3-5-9-13/h3-12,18H,2H2,1H3,(H,30,32). The molecular formula is C24H17F4N3O2S. The van der Waals surface area contributed by atoms with Crippen LogP contribution in [-0.2, 0) is 4.79 Å². The van der Waals surface area contributed by atoms with E-state index in [2.05, 4.69) is 4.98 Å². The number of hydrogen-bond acceptors (Lipinski definition) is 4. The van der Waals surface area contributed by atoms with Gasteiger partial charge in [-0.3, -0.25) is 14.2 Å². The number of anilines is 1. The first-order valence-electron chi connectivity index (χ1n) is 10.2. The zero-order chi connectivity index (χ0) is 24.4. The number of thioether (sulfide) groups is 1. The Labute approximate surface area is 195 Å². The van der Waals surface area contributed by atoms with Crippen molar-refractivity contribution in [1.29, 1.82) is 0 Å². The van der Waals surface area contributed by atoms with E-state index < -0.39 is 40.1 Å². The van der Waals surface area contributed by atoms with Gasteiger partial charge in [-0.05, 0) is 30.7 Å². The number of hydrogen-bond donors (Lipinski definition) is 1. The van der Waals surface area contributed by atoms with E-state index >= 15 is 0 Å². The van der Waals surface area contributed by atoms with Crippen LogP contribution in [0.4, 0.5) is 23.2 Å². The molecular weight excluding hydrogens is 470 g/mol. The maximum Gasteiger partial charge on any atom is 0.266 e. The molecule has 0 aliphatic heterocycles. The molecule has 174 valence electrons. The van der Waals surface area contributed by atoms with Crippen LogP contribution in [-0.4, -0.2) is 20.7 Å². The van der Waals surface area contributed by atoms with Crippen molar-refractivity contribution in [2.24, 2.45) is 0 Å². The zero-order valence-corrected chi connectivity index (χ0v) is 18.5. The summed E-state index contributed by atoms with van der Waals surface area (Å²) in [5, 5.41) is 1.48. The van der Waals surface area contributed by atoms with Crippen molar-refractivity contribution in [2.75, 3.05) is 5.32 Å². The van der Waals surface area contributed by atoms with Gasteiger partial charge in [-0.2, -0.15) is 0 Å². The number of rotatable bonds is 6. The highest BCUT2D eigenvalue weighted by Gasteiger charge is 2.26. The molecule has 4 aromatic rings. The van der Waals surface area contributed by atoms with E-state index in [1.807, 2.05) is 5.32 Å². The van der Waals surface area contributed by atoms with Crippen LogP contribution in [0.3, 0.4) is 0 Å². The average Bonchev–Trinajstić information content (AvgIpc) is 2.84. The molecule has 0 saturated heterocycles. The molecule has 0 saturated carbocycles. The molecule has 1 atom stereocenters. The predicted octanol–water partition coefficient (Wildman–Crippen LogP) is 5.45. The highest BCUT2D eigenvalue weighted by Crippen LogP contribution is 2.29. The quantitative estimate of drug-likeness (QED) is 0.170. The lowest BCUT2D eigenvalue weighted by Gasteiger charge is -2.18. The third-order valence-corrected chi connectivity index (χ3v) is 6.35. The number of aromatic nitrogens is 2. The van der Waals surface area contributed by atoms with Crippen molar-refractivity contribution < 1.29 is 22.4 Å². The molecule has 3 aromatic carbocycles. The van der Waals surface area contributed by atoms with Gasteiger partial charge in [0.25, 0.3) is 5.56 Å². The fraction of sp³-hybridized carbons (Fsp3) is 0.125. The Hall–Kier alpha value is -3.66. The van der Waals surface area contributed by atoms with Gasteiger partial charge in [0, 0.05) is 6.07 Å². The highest BCUT2D eigenvalue weighted by molar-refractivity contribution is 8.00. The summed E-state index contributed by atoms with van der Waals surface area (Å²) in [4.78, 5) is 30.6. The van der Waals surface area contributed by atoms with Gasteiger partial charge in [0.15, 0.2) is 28.4 Å². The van der Waals surface area contributed by atoms with Crippen molar-refractivity contribution in [3.63, 3.8) is 0 Å². The van der Waals surface area contributed by atoms with Crippen LogP contribution in [0.25, 0.3) is 16.6 Å². The lowest BCUT2D eigenvalue weighted by molar-refractivity contribution is -0.115. The maximum absolute atomic E-state index is 14.0. The molecule has 10 heteroatoms. The summed E-state index contributed by atoms with van der Waals surface area (Å²) in [6.07, 6.45) is 0.162. The Balaban J connectivity index is 1.75. The summed E-state index contributed by atoms with van der Waals surface area (Å²) >= 11 is 0.894. The number of fused-ring (bicyclic) bond motifs is 1. The first kappa shape index (κ1) is 23.5. The monoisotopic (exact) mass is 487 g/mol. The Morgan fingerprint density at radius 1 is 1.00 bits per heavy atom. The minimum Gasteiger partial charge on any atom is -0.320 e. The average molecular weight is 487 g/mol. The van der Waals surface area contributed by atoms with Crippen molar-refractivity contribution in [2.45, 2.75) is 23.8 Å². The molecule has 0 bridgehead atoms. The summed E-state index contributed by atoms with van der Waals surface area (Å²) in [6.45, 7) is 1.64. The first-order chi connectivity index (χ1) is 16.3. The molecule has 5 nitrogen and oxygen atoms in total. The number of nitrogens with zero attached hydrogens (tertiary/aromatic N) is 2. The predicted molar refractivity (Wildman–Crippen MR) is 122 cm³/mol.